The van der Waals surface area contributed by atoms with Crippen molar-refractivity contribution in [1.29, 1.82) is 0 Å². The van der Waals surface area contributed by atoms with Crippen LogP contribution in [0.5, 0.6) is 11.5 Å². The van der Waals surface area contributed by atoms with Crippen LogP contribution in [0, 0.1) is 6.92 Å². The maximum Gasteiger partial charge on any atom is 0.147 e. The van der Waals surface area contributed by atoms with Crippen molar-refractivity contribution in [3.63, 3.8) is 0 Å². The molecule has 0 amide bonds. The predicted octanol–water partition coefficient (Wildman–Crippen LogP) is 7.09. The fourth-order valence-corrected chi connectivity index (χ4v) is 3.88. The lowest BCUT2D eigenvalue weighted by Gasteiger charge is -2.12. The van der Waals surface area contributed by atoms with E-state index in [0.717, 1.165) is 42.0 Å². The lowest BCUT2D eigenvalue weighted by Crippen LogP contribution is -2.09. The smallest absolute Gasteiger partial charge is 0.147 e. The summed E-state index contributed by atoms with van der Waals surface area (Å²) in [4.78, 5) is 4.77. The number of aromatic nitrogens is 2. The van der Waals surface area contributed by atoms with E-state index in [2.05, 4.69) is 29.7 Å². The number of rotatable bonds is 9. The minimum atomic E-state index is 0.329. The van der Waals surface area contributed by atoms with Gasteiger partial charge in [0.05, 0.1) is 22.7 Å². The number of hydrogen-bond acceptors (Lipinski definition) is 3. The first kappa shape index (κ1) is 21.5. The van der Waals surface area contributed by atoms with Gasteiger partial charge in [-0.25, -0.2) is 4.98 Å². The number of hydrogen-bond donors (Lipinski definition) is 0. The predicted molar refractivity (Wildman–Crippen MR) is 126 cm³/mol. The van der Waals surface area contributed by atoms with E-state index in [1.54, 1.807) is 18.2 Å². The second-order valence-electron chi connectivity index (χ2n) is 7.40. The molecule has 0 atom stereocenters. The van der Waals surface area contributed by atoms with E-state index in [9.17, 15) is 0 Å². The largest absolute Gasteiger partial charge is 0.494 e. The number of unbranched alkanes of at least 4 members (excludes halogenated alkanes) is 1. The summed E-state index contributed by atoms with van der Waals surface area (Å²) in [5.74, 6) is 2.37. The molecule has 4 nitrogen and oxygen atoms in total. The molecule has 31 heavy (non-hydrogen) atoms. The Hall–Kier alpha value is -2.69. The van der Waals surface area contributed by atoms with Crippen molar-refractivity contribution >= 4 is 34.2 Å². The van der Waals surface area contributed by atoms with Gasteiger partial charge in [-0.05, 0) is 62.2 Å². The highest BCUT2D eigenvalue weighted by Crippen LogP contribution is 2.28. The van der Waals surface area contributed by atoms with Crippen molar-refractivity contribution in [3.05, 3.63) is 88.2 Å². The number of imidazole rings is 1. The molecule has 1 heterocycles. The molecule has 0 aliphatic heterocycles. The van der Waals surface area contributed by atoms with Crippen LogP contribution in [0.25, 0.3) is 11.0 Å². The molecule has 6 heteroatoms. The molecule has 4 rings (SSSR count). The molecule has 0 aliphatic rings. The number of aryl methyl sites for hydroxylation is 2. The van der Waals surface area contributed by atoms with Crippen LogP contribution < -0.4 is 9.47 Å². The van der Waals surface area contributed by atoms with Gasteiger partial charge in [0.15, 0.2) is 0 Å². The van der Waals surface area contributed by atoms with Gasteiger partial charge in [-0.1, -0.05) is 53.0 Å². The Balaban J connectivity index is 1.39. The Morgan fingerprint density at radius 3 is 2.52 bits per heavy atom. The van der Waals surface area contributed by atoms with Gasteiger partial charge < -0.3 is 14.0 Å². The van der Waals surface area contributed by atoms with Gasteiger partial charge in [-0.15, -0.1) is 0 Å². The highest BCUT2D eigenvalue weighted by molar-refractivity contribution is 6.35. The van der Waals surface area contributed by atoms with Gasteiger partial charge in [0.1, 0.15) is 23.9 Å². The van der Waals surface area contributed by atoms with Gasteiger partial charge in [-0.2, -0.15) is 0 Å². The zero-order chi connectivity index (χ0) is 21.6. The summed E-state index contributed by atoms with van der Waals surface area (Å²) in [5.41, 5.74) is 3.29. The highest BCUT2D eigenvalue weighted by atomic mass is 35.5. The maximum absolute atomic E-state index is 6.24. The fourth-order valence-electron chi connectivity index (χ4n) is 3.42. The van der Waals surface area contributed by atoms with Gasteiger partial charge in [0.25, 0.3) is 0 Å². The van der Waals surface area contributed by atoms with E-state index in [1.165, 1.54) is 5.56 Å². The molecule has 0 unspecified atom stereocenters. The topological polar surface area (TPSA) is 36.3 Å². The lowest BCUT2D eigenvalue weighted by atomic mass is 10.2. The molecular formula is C25H24Cl2N2O2. The summed E-state index contributed by atoms with van der Waals surface area (Å²) < 4.78 is 14.0. The van der Waals surface area contributed by atoms with E-state index < -0.39 is 0 Å². The van der Waals surface area contributed by atoms with Crippen LogP contribution in [-0.4, -0.2) is 16.2 Å². The Bertz CT molecular complexity index is 1160. The van der Waals surface area contributed by atoms with Gasteiger partial charge in [-0.3, -0.25) is 0 Å². The zero-order valence-corrected chi connectivity index (χ0v) is 18.9. The summed E-state index contributed by atoms with van der Waals surface area (Å²) >= 11 is 12.2. The minimum Gasteiger partial charge on any atom is -0.494 e. The van der Waals surface area contributed by atoms with Crippen LogP contribution in [0.2, 0.25) is 10.0 Å². The molecule has 0 spiro atoms. The first-order valence-corrected chi connectivity index (χ1v) is 11.1. The molecule has 4 aromatic rings. The fraction of sp³-hybridized carbons (Fsp3) is 0.240. The van der Waals surface area contributed by atoms with Crippen LogP contribution in [-0.2, 0) is 13.2 Å². The molecule has 0 N–H and O–H groups in total. The lowest BCUT2D eigenvalue weighted by molar-refractivity contribution is 0.285. The first-order chi connectivity index (χ1) is 15.1. The molecule has 0 bridgehead atoms. The van der Waals surface area contributed by atoms with Crippen LogP contribution >= 0.6 is 23.2 Å². The highest BCUT2D eigenvalue weighted by Gasteiger charge is 2.12. The second-order valence-corrected chi connectivity index (χ2v) is 8.24. The SMILES string of the molecule is Cc1ccc(OCCCCn2c(COc3ccc(Cl)cc3Cl)nc3ccccc32)cc1. The molecule has 0 saturated heterocycles. The summed E-state index contributed by atoms with van der Waals surface area (Å²) in [7, 11) is 0. The summed E-state index contributed by atoms with van der Waals surface area (Å²) in [6.45, 7) is 3.92. The number of benzene rings is 3. The van der Waals surface area contributed by atoms with Crippen molar-refractivity contribution in [2.24, 2.45) is 0 Å². The van der Waals surface area contributed by atoms with Crippen molar-refractivity contribution < 1.29 is 9.47 Å². The van der Waals surface area contributed by atoms with Crippen molar-refractivity contribution in [1.82, 2.24) is 9.55 Å². The number of halogens is 2. The monoisotopic (exact) mass is 454 g/mol. The van der Waals surface area contributed by atoms with E-state index in [4.69, 9.17) is 37.7 Å². The van der Waals surface area contributed by atoms with Crippen LogP contribution in [0.4, 0.5) is 0 Å². The van der Waals surface area contributed by atoms with E-state index in [1.807, 2.05) is 30.3 Å². The third kappa shape index (κ3) is 5.52. The number of ether oxygens (including phenoxy) is 2. The average Bonchev–Trinajstić information content (AvgIpc) is 3.12. The third-order valence-electron chi connectivity index (χ3n) is 5.05. The van der Waals surface area contributed by atoms with Crippen molar-refractivity contribution in [2.45, 2.75) is 32.9 Å². The van der Waals surface area contributed by atoms with E-state index in [-0.39, 0.29) is 0 Å². The average molecular weight is 455 g/mol. The summed E-state index contributed by atoms with van der Waals surface area (Å²) in [6, 6.07) is 21.5. The zero-order valence-electron chi connectivity index (χ0n) is 17.4. The molecule has 160 valence electrons. The Morgan fingerprint density at radius 1 is 0.903 bits per heavy atom. The van der Waals surface area contributed by atoms with Crippen LogP contribution in [0.15, 0.2) is 66.7 Å². The maximum atomic E-state index is 6.24. The second kappa shape index (κ2) is 10.1. The van der Waals surface area contributed by atoms with E-state index in [0.29, 0.717) is 29.0 Å². The summed E-state index contributed by atoms with van der Waals surface area (Å²) in [5, 5.41) is 1.07. The normalized spacial score (nSPS) is 11.1. The number of fused-ring (bicyclic) bond motifs is 1. The van der Waals surface area contributed by atoms with Crippen molar-refractivity contribution in [2.75, 3.05) is 6.61 Å². The van der Waals surface area contributed by atoms with Crippen LogP contribution in [0.1, 0.15) is 24.2 Å². The summed E-state index contributed by atoms with van der Waals surface area (Å²) in [6.07, 6.45) is 1.92. The number of nitrogens with zero attached hydrogens (tertiary/aromatic N) is 2. The van der Waals surface area contributed by atoms with Gasteiger partial charge in [0, 0.05) is 11.6 Å². The van der Waals surface area contributed by atoms with Crippen LogP contribution in [0.3, 0.4) is 0 Å². The first-order valence-electron chi connectivity index (χ1n) is 10.3. The Morgan fingerprint density at radius 2 is 1.71 bits per heavy atom. The third-order valence-corrected chi connectivity index (χ3v) is 5.58. The quantitative estimate of drug-likeness (QED) is 0.253. The minimum absolute atomic E-state index is 0.329. The molecule has 0 radical (unpaired) electrons. The molecule has 0 saturated carbocycles. The Labute approximate surface area is 192 Å². The standard InChI is InChI=1S/C25H24Cl2N2O2/c1-18-8-11-20(12-9-18)30-15-5-4-14-29-23-7-3-2-6-22(23)28-25(29)17-31-24-13-10-19(26)16-21(24)27/h2-3,6-13,16H,4-5,14-15,17H2,1H3. The molecular weight excluding hydrogens is 431 g/mol. The van der Waals surface area contributed by atoms with Crippen molar-refractivity contribution in [3.8, 4) is 11.5 Å². The molecule has 3 aromatic carbocycles. The van der Waals surface area contributed by atoms with E-state index >= 15 is 0 Å². The molecule has 1 aromatic heterocycles. The number of para-hydroxylation sites is 2. The Kier molecular flexibility index (Phi) is 7.00. The van der Waals surface area contributed by atoms with Gasteiger partial charge >= 0.3 is 0 Å². The van der Waals surface area contributed by atoms with Gasteiger partial charge in [0.2, 0.25) is 0 Å². The molecule has 0 fully saturated rings. The molecule has 0 aliphatic carbocycles.